The van der Waals surface area contributed by atoms with E-state index in [1.807, 2.05) is 18.2 Å². The van der Waals surface area contributed by atoms with Crippen LogP contribution in [-0.2, 0) is 16.1 Å². The van der Waals surface area contributed by atoms with Gasteiger partial charge in [-0.2, -0.15) is 0 Å². The third-order valence-electron chi connectivity index (χ3n) is 4.17. The number of amides is 3. The zero-order chi connectivity index (χ0) is 20.2. The number of furan rings is 1. The molecule has 0 spiro atoms. The lowest BCUT2D eigenvalue weighted by Gasteiger charge is -2.01. The van der Waals surface area contributed by atoms with E-state index in [9.17, 15) is 14.4 Å². The highest BCUT2D eigenvalue weighted by molar-refractivity contribution is 8.18. The van der Waals surface area contributed by atoms with E-state index in [1.54, 1.807) is 42.9 Å². The molecular weight excluding hydrogens is 390 g/mol. The summed E-state index contributed by atoms with van der Waals surface area (Å²) < 4.78 is 5.52. The van der Waals surface area contributed by atoms with E-state index in [4.69, 9.17) is 4.42 Å². The fraction of sp³-hybridized carbons (Fsp3) is 0.0476. The number of fused-ring (bicyclic) bond motifs is 1. The molecule has 8 heteroatoms. The van der Waals surface area contributed by atoms with Crippen molar-refractivity contribution in [1.82, 2.24) is 15.6 Å². The molecule has 4 rings (SSSR count). The fourth-order valence-electron chi connectivity index (χ4n) is 2.77. The standard InChI is InChI=1S/C21H15N3O4S/c25-19(23-11-14-2-1-7-22-10-14)6-4-15-12-28-17-5-3-13(8-16(15)17)9-18-20(26)24-21(27)29-18/h1-10,12H,11H2,(H,23,25)(H,24,26,27). The van der Waals surface area contributed by atoms with Crippen LogP contribution in [0, 0.1) is 0 Å². The van der Waals surface area contributed by atoms with Gasteiger partial charge < -0.3 is 9.73 Å². The molecule has 7 nitrogen and oxygen atoms in total. The smallest absolute Gasteiger partial charge is 0.290 e. The minimum Gasteiger partial charge on any atom is -0.464 e. The Labute approximate surface area is 169 Å². The first-order valence-corrected chi connectivity index (χ1v) is 9.51. The lowest BCUT2D eigenvalue weighted by atomic mass is 10.1. The number of rotatable bonds is 5. The SMILES string of the molecule is O=C(C=Cc1coc2ccc(C=C3SC(=O)NC3=O)cc12)NCc1cccnc1. The van der Waals surface area contributed by atoms with Gasteiger partial charge >= 0.3 is 0 Å². The Hall–Kier alpha value is -3.65. The highest BCUT2D eigenvalue weighted by Gasteiger charge is 2.24. The molecule has 0 radical (unpaired) electrons. The molecule has 2 aromatic heterocycles. The molecule has 0 aliphatic carbocycles. The third kappa shape index (κ3) is 4.44. The molecule has 144 valence electrons. The number of carbonyl (C=O) groups excluding carboxylic acids is 3. The molecule has 1 saturated heterocycles. The van der Waals surface area contributed by atoms with Gasteiger partial charge in [-0.05, 0) is 53.2 Å². The molecule has 2 N–H and O–H groups in total. The fourth-order valence-corrected chi connectivity index (χ4v) is 3.46. The van der Waals surface area contributed by atoms with E-state index in [-0.39, 0.29) is 11.1 Å². The average molecular weight is 405 g/mol. The maximum atomic E-state index is 12.1. The summed E-state index contributed by atoms with van der Waals surface area (Å²) in [5.74, 6) is -0.642. The van der Waals surface area contributed by atoms with Gasteiger partial charge in [-0.3, -0.25) is 24.7 Å². The summed E-state index contributed by atoms with van der Waals surface area (Å²) in [4.78, 5) is 39.4. The molecule has 0 bridgehead atoms. The number of aromatic nitrogens is 1. The van der Waals surface area contributed by atoms with Gasteiger partial charge in [-0.1, -0.05) is 12.1 Å². The Balaban J connectivity index is 1.49. The number of hydrogen-bond acceptors (Lipinski definition) is 6. The van der Waals surface area contributed by atoms with Crippen LogP contribution in [0.2, 0.25) is 0 Å². The Morgan fingerprint density at radius 3 is 2.93 bits per heavy atom. The molecule has 3 heterocycles. The number of nitrogens with one attached hydrogen (secondary N) is 2. The first-order chi connectivity index (χ1) is 14.1. The summed E-state index contributed by atoms with van der Waals surface area (Å²) in [5.41, 5.74) is 3.05. The van der Waals surface area contributed by atoms with Gasteiger partial charge in [-0.15, -0.1) is 0 Å². The maximum absolute atomic E-state index is 12.1. The van der Waals surface area contributed by atoms with Crippen LogP contribution in [0.1, 0.15) is 16.7 Å². The summed E-state index contributed by atoms with van der Waals surface area (Å²) >= 11 is 0.865. The molecule has 3 amide bonds. The quantitative estimate of drug-likeness (QED) is 0.630. The highest BCUT2D eigenvalue weighted by Crippen LogP contribution is 2.28. The Morgan fingerprint density at radius 1 is 1.28 bits per heavy atom. The molecule has 1 fully saturated rings. The second-order valence-electron chi connectivity index (χ2n) is 6.21. The highest BCUT2D eigenvalue weighted by atomic mass is 32.2. The number of benzene rings is 1. The van der Waals surface area contributed by atoms with E-state index in [1.165, 1.54) is 6.08 Å². The predicted molar refractivity (Wildman–Crippen MR) is 110 cm³/mol. The van der Waals surface area contributed by atoms with Crippen molar-refractivity contribution in [1.29, 1.82) is 0 Å². The lowest BCUT2D eigenvalue weighted by Crippen LogP contribution is -2.20. The summed E-state index contributed by atoms with van der Waals surface area (Å²) in [6.07, 6.45) is 9.68. The van der Waals surface area contributed by atoms with Crippen molar-refractivity contribution in [2.24, 2.45) is 0 Å². The molecule has 0 saturated carbocycles. The van der Waals surface area contributed by atoms with Crippen molar-refractivity contribution in [2.75, 3.05) is 0 Å². The van der Waals surface area contributed by atoms with Crippen LogP contribution in [0.25, 0.3) is 23.1 Å². The predicted octanol–water partition coefficient (Wildman–Crippen LogP) is 3.48. The van der Waals surface area contributed by atoms with Gasteiger partial charge in [0.1, 0.15) is 5.58 Å². The number of thioether (sulfide) groups is 1. The number of hydrogen-bond donors (Lipinski definition) is 2. The van der Waals surface area contributed by atoms with Gasteiger partial charge in [0.05, 0.1) is 11.2 Å². The van der Waals surface area contributed by atoms with Crippen LogP contribution in [0.3, 0.4) is 0 Å². The molecule has 1 aromatic carbocycles. The van der Waals surface area contributed by atoms with Crippen molar-refractivity contribution < 1.29 is 18.8 Å². The van der Waals surface area contributed by atoms with Crippen molar-refractivity contribution in [2.45, 2.75) is 6.54 Å². The van der Waals surface area contributed by atoms with Crippen LogP contribution in [0.5, 0.6) is 0 Å². The van der Waals surface area contributed by atoms with Crippen LogP contribution in [-0.4, -0.2) is 22.0 Å². The maximum Gasteiger partial charge on any atom is 0.290 e. The summed E-state index contributed by atoms with van der Waals surface area (Å²) in [6, 6.07) is 9.11. The van der Waals surface area contributed by atoms with Crippen LogP contribution in [0.4, 0.5) is 4.79 Å². The monoisotopic (exact) mass is 405 g/mol. The Bertz CT molecular complexity index is 1170. The first-order valence-electron chi connectivity index (χ1n) is 8.69. The normalized spacial score (nSPS) is 15.4. The second kappa shape index (κ2) is 8.15. The second-order valence-corrected chi connectivity index (χ2v) is 7.23. The number of carbonyl (C=O) groups is 3. The van der Waals surface area contributed by atoms with Gasteiger partial charge in [-0.25, -0.2) is 0 Å². The van der Waals surface area contributed by atoms with Gasteiger partial charge in [0.25, 0.3) is 11.1 Å². The van der Waals surface area contributed by atoms with Gasteiger partial charge in [0.15, 0.2) is 0 Å². The largest absolute Gasteiger partial charge is 0.464 e. The molecular formula is C21H15N3O4S. The zero-order valence-corrected chi connectivity index (χ0v) is 15.9. The lowest BCUT2D eigenvalue weighted by molar-refractivity contribution is -0.117. The van der Waals surface area contributed by atoms with E-state index >= 15 is 0 Å². The molecule has 1 aliphatic rings. The van der Waals surface area contributed by atoms with Gasteiger partial charge in [0.2, 0.25) is 5.91 Å². The zero-order valence-electron chi connectivity index (χ0n) is 15.0. The topological polar surface area (TPSA) is 101 Å². The van der Waals surface area contributed by atoms with E-state index in [0.717, 1.165) is 33.8 Å². The van der Waals surface area contributed by atoms with Crippen LogP contribution in [0.15, 0.2) is 64.4 Å². The third-order valence-corrected chi connectivity index (χ3v) is 4.98. The first kappa shape index (κ1) is 18.7. The minimum atomic E-state index is -0.405. The molecule has 29 heavy (non-hydrogen) atoms. The molecule has 3 aromatic rings. The Morgan fingerprint density at radius 2 is 2.17 bits per heavy atom. The summed E-state index contributed by atoms with van der Waals surface area (Å²) in [5, 5.41) is 5.43. The van der Waals surface area contributed by atoms with Crippen LogP contribution >= 0.6 is 11.8 Å². The summed E-state index contributed by atoms with van der Waals surface area (Å²) in [7, 11) is 0. The van der Waals surface area contributed by atoms with Crippen molar-refractivity contribution in [3.05, 3.63) is 76.7 Å². The van der Waals surface area contributed by atoms with Crippen molar-refractivity contribution in [3.8, 4) is 0 Å². The minimum absolute atomic E-state index is 0.237. The number of nitrogens with zero attached hydrogens (tertiary/aromatic N) is 1. The molecule has 1 aliphatic heterocycles. The number of imide groups is 1. The van der Waals surface area contributed by atoms with Gasteiger partial charge in [0, 0.05) is 36.0 Å². The van der Waals surface area contributed by atoms with E-state index < -0.39 is 5.91 Å². The number of pyridine rings is 1. The summed E-state index contributed by atoms with van der Waals surface area (Å²) in [6.45, 7) is 0.388. The van der Waals surface area contributed by atoms with Crippen molar-refractivity contribution in [3.63, 3.8) is 0 Å². The Kier molecular flexibility index (Phi) is 5.26. The average Bonchev–Trinajstić information content (AvgIpc) is 3.27. The van der Waals surface area contributed by atoms with E-state index in [2.05, 4.69) is 15.6 Å². The van der Waals surface area contributed by atoms with E-state index in [0.29, 0.717) is 17.0 Å². The molecule has 0 atom stereocenters. The van der Waals surface area contributed by atoms with Crippen molar-refractivity contribution >= 4 is 51.9 Å². The van der Waals surface area contributed by atoms with Crippen LogP contribution < -0.4 is 10.6 Å². The molecule has 0 unspecified atom stereocenters.